The summed E-state index contributed by atoms with van der Waals surface area (Å²) in [6.07, 6.45) is 3.88. The summed E-state index contributed by atoms with van der Waals surface area (Å²) < 4.78 is 46.7. The van der Waals surface area contributed by atoms with Gasteiger partial charge in [0.1, 0.15) is 11.9 Å². The van der Waals surface area contributed by atoms with E-state index in [1.54, 1.807) is 6.07 Å². The van der Waals surface area contributed by atoms with Crippen molar-refractivity contribution in [2.75, 3.05) is 45.2 Å². The zero-order valence-corrected chi connectivity index (χ0v) is 25.1. The molecule has 0 radical (unpaired) electrons. The molecule has 1 unspecified atom stereocenters. The highest BCUT2D eigenvalue weighted by atomic mass is 19.3. The van der Waals surface area contributed by atoms with E-state index in [1.165, 1.54) is 18.7 Å². The number of nitrogens with zero attached hydrogens (tertiary/aromatic N) is 3. The van der Waals surface area contributed by atoms with Crippen LogP contribution in [0, 0.1) is 5.82 Å². The van der Waals surface area contributed by atoms with Crippen LogP contribution < -0.4 is 10.1 Å². The van der Waals surface area contributed by atoms with Gasteiger partial charge in [0.25, 0.3) is 0 Å². The molecule has 10 heteroatoms. The van der Waals surface area contributed by atoms with Gasteiger partial charge < -0.3 is 15.2 Å². The Morgan fingerprint density at radius 1 is 1.21 bits per heavy atom. The smallest absolute Gasteiger partial charge is 0.325 e. The number of aromatic nitrogens is 1. The third kappa shape index (κ3) is 8.16. The third-order valence-electron chi connectivity index (χ3n) is 8.53. The highest BCUT2D eigenvalue weighted by Gasteiger charge is 2.38. The van der Waals surface area contributed by atoms with E-state index < -0.39 is 24.3 Å². The number of likely N-dealkylation sites (tertiary alicyclic amines) is 1. The van der Waals surface area contributed by atoms with Gasteiger partial charge in [0.05, 0.1) is 7.11 Å². The van der Waals surface area contributed by atoms with E-state index in [1.807, 2.05) is 18.7 Å². The van der Waals surface area contributed by atoms with Crippen molar-refractivity contribution in [3.8, 4) is 5.75 Å². The number of unbranched alkanes of at least 4 members (excludes halogenated alkanes) is 2. The maximum absolute atomic E-state index is 14.9. The number of fused-ring (bicyclic) bond motifs is 1. The summed E-state index contributed by atoms with van der Waals surface area (Å²) in [6, 6.07) is 6.24. The number of rotatable bonds is 15. The summed E-state index contributed by atoms with van der Waals surface area (Å²) >= 11 is 0. The number of carbonyl (C=O) groups is 1. The Morgan fingerprint density at radius 2 is 2.02 bits per heavy atom. The Morgan fingerprint density at radius 3 is 2.74 bits per heavy atom. The van der Waals surface area contributed by atoms with Crippen molar-refractivity contribution >= 4 is 11.8 Å². The topological polar surface area (TPSA) is 77.9 Å². The molecule has 1 fully saturated rings. The summed E-state index contributed by atoms with van der Waals surface area (Å²) in [6.45, 7) is 6.61. The van der Waals surface area contributed by atoms with Gasteiger partial charge in [-0.1, -0.05) is 26.3 Å². The maximum atomic E-state index is 14.9. The molecule has 0 saturated carbocycles. The van der Waals surface area contributed by atoms with Crippen molar-refractivity contribution in [1.29, 1.82) is 0 Å². The van der Waals surface area contributed by atoms with Crippen molar-refractivity contribution in [1.82, 2.24) is 14.8 Å². The van der Waals surface area contributed by atoms with Gasteiger partial charge in [-0.2, -0.15) is 0 Å². The van der Waals surface area contributed by atoms with Gasteiger partial charge in [-0.3, -0.25) is 14.6 Å². The van der Waals surface area contributed by atoms with Crippen molar-refractivity contribution in [2.24, 2.45) is 0 Å². The summed E-state index contributed by atoms with van der Waals surface area (Å²) in [7, 11) is 1.34. The average molecular weight is 591 g/mol. The number of pyridine rings is 1. The van der Waals surface area contributed by atoms with Crippen molar-refractivity contribution in [3.63, 3.8) is 0 Å². The van der Waals surface area contributed by atoms with Crippen LogP contribution in [0.15, 0.2) is 24.3 Å². The predicted molar refractivity (Wildman–Crippen MR) is 158 cm³/mol. The fraction of sp³-hybridized carbons (Fsp3) is 0.625. The van der Waals surface area contributed by atoms with Crippen LogP contribution >= 0.6 is 0 Å². The summed E-state index contributed by atoms with van der Waals surface area (Å²) in [5, 5.41) is 13.6. The van der Waals surface area contributed by atoms with Crippen molar-refractivity contribution in [3.05, 3.63) is 52.5 Å². The monoisotopic (exact) mass is 590 g/mol. The first-order valence-electron chi connectivity index (χ1n) is 15.3. The lowest BCUT2D eigenvalue weighted by molar-refractivity contribution is -0.143. The number of ether oxygens (including phenoxy) is 1. The van der Waals surface area contributed by atoms with Crippen LogP contribution in [0.3, 0.4) is 0 Å². The lowest BCUT2D eigenvalue weighted by atomic mass is 9.95. The number of aryl methyl sites for hydroxylation is 2. The van der Waals surface area contributed by atoms with E-state index in [-0.39, 0.29) is 30.7 Å². The number of hydrogen-bond acceptors (Lipinski definition) is 6. The van der Waals surface area contributed by atoms with Crippen LogP contribution in [0.4, 0.5) is 19.0 Å². The zero-order valence-electron chi connectivity index (χ0n) is 25.1. The first-order chi connectivity index (χ1) is 20.2. The minimum Gasteiger partial charge on any atom is -0.493 e. The average Bonchev–Trinajstić information content (AvgIpc) is 3.43. The molecule has 232 valence electrons. The second kappa shape index (κ2) is 15.0. The van der Waals surface area contributed by atoms with E-state index in [2.05, 4.69) is 22.3 Å². The molecule has 2 aliphatic rings. The molecule has 2 atom stereocenters. The molecule has 0 bridgehead atoms. The molecular weight excluding hydrogens is 545 g/mol. The third-order valence-corrected chi connectivity index (χ3v) is 8.53. The maximum Gasteiger partial charge on any atom is 0.325 e. The first kappa shape index (κ1) is 32.1. The Bertz CT molecular complexity index is 1200. The van der Waals surface area contributed by atoms with E-state index in [0.29, 0.717) is 37.2 Å². The molecule has 7 nitrogen and oxygen atoms in total. The van der Waals surface area contributed by atoms with Crippen molar-refractivity contribution < 1.29 is 27.8 Å². The second-order valence-electron chi connectivity index (χ2n) is 11.8. The first-order valence-corrected chi connectivity index (χ1v) is 15.3. The van der Waals surface area contributed by atoms with E-state index in [4.69, 9.17) is 9.72 Å². The summed E-state index contributed by atoms with van der Waals surface area (Å²) in [5.41, 5.74) is 3.33. The van der Waals surface area contributed by atoms with Gasteiger partial charge in [-0.05, 0) is 80.3 Å². The number of aliphatic carboxylic acids is 1. The molecule has 3 heterocycles. The van der Waals surface area contributed by atoms with Crippen LogP contribution in [0.5, 0.6) is 5.75 Å². The highest BCUT2D eigenvalue weighted by Crippen LogP contribution is 2.37. The highest BCUT2D eigenvalue weighted by molar-refractivity contribution is 5.77. The second-order valence-corrected chi connectivity index (χ2v) is 11.8. The Kier molecular flexibility index (Phi) is 11.5. The standard InChI is InChI=1S/C32H45F3N4O3/c1-21(2)23-18-26(30(42-3)27(33)19-23)29(32(40)41)39-16-12-25(20-39)38(17-13-28(34)35)15-6-4-5-9-24-11-10-22-8-7-14-36-31(22)37-24/h10-11,18-19,21,25,28-29H,4-9,12-17,20H2,1-3H3,(H,36,37)(H,40,41)/t25-,29?/m1/s1. The molecule has 0 spiro atoms. The van der Waals surface area contributed by atoms with E-state index in [9.17, 15) is 23.1 Å². The van der Waals surface area contributed by atoms with Gasteiger partial charge in [0, 0.05) is 49.9 Å². The minimum atomic E-state index is -2.40. The summed E-state index contributed by atoms with van der Waals surface area (Å²) in [4.78, 5) is 21.2. The van der Waals surface area contributed by atoms with Crippen LogP contribution in [0.1, 0.15) is 86.7 Å². The fourth-order valence-electron chi connectivity index (χ4n) is 6.22. The molecule has 1 aromatic heterocycles. The normalized spacial score (nSPS) is 18.0. The number of methoxy groups -OCH3 is 1. The van der Waals surface area contributed by atoms with Crippen LogP contribution in [0.25, 0.3) is 0 Å². The molecule has 2 aliphatic heterocycles. The number of carboxylic acid groups (broad SMARTS) is 1. The number of benzene rings is 1. The number of alkyl halides is 2. The Balaban J connectivity index is 1.38. The fourth-order valence-corrected chi connectivity index (χ4v) is 6.22. The molecule has 1 aromatic carbocycles. The predicted octanol–water partition coefficient (Wildman–Crippen LogP) is 6.28. The minimum absolute atomic E-state index is 0.00876. The van der Waals surface area contributed by atoms with Crippen LogP contribution in [-0.4, -0.2) is 78.2 Å². The van der Waals surface area contributed by atoms with Gasteiger partial charge in [-0.25, -0.2) is 18.2 Å². The number of halogens is 3. The molecule has 1 saturated heterocycles. The number of anilines is 1. The molecule has 0 amide bonds. The zero-order chi connectivity index (χ0) is 30.2. The van der Waals surface area contributed by atoms with Crippen LogP contribution in [0.2, 0.25) is 0 Å². The molecule has 42 heavy (non-hydrogen) atoms. The van der Waals surface area contributed by atoms with Gasteiger partial charge in [-0.15, -0.1) is 0 Å². The lowest BCUT2D eigenvalue weighted by Gasteiger charge is -2.31. The van der Waals surface area contributed by atoms with Crippen molar-refractivity contribution in [2.45, 2.75) is 89.6 Å². The van der Waals surface area contributed by atoms with Gasteiger partial charge in [0.2, 0.25) is 6.43 Å². The van der Waals surface area contributed by atoms with Crippen LogP contribution in [-0.2, 0) is 17.6 Å². The SMILES string of the molecule is COc1c(F)cc(C(C)C)cc1C(C(=O)O)N1CC[C@@H](N(CCCCCc2ccc3c(n2)NCCC3)CCC(F)F)C1. The van der Waals surface area contributed by atoms with E-state index >= 15 is 0 Å². The molecule has 0 aliphatic carbocycles. The lowest BCUT2D eigenvalue weighted by Crippen LogP contribution is -2.41. The van der Waals surface area contributed by atoms with E-state index in [0.717, 1.165) is 56.6 Å². The Labute approximate surface area is 247 Å². The number of hydrogen-bond donors (Lipinski definition) is 2. The summed E-state index contributed by atoms with van der Waals surface area (Å²) in [5.74, 6) is -0.720. The molecule has 2 aromatic rings. The Hall–Kier alpha value is -2.85. The largest absolute Gasteiger partial charge is 0.493 e. The molecule has 4 rings (SSSR count). The molecule has 2 N–H and O–H groups in total. The number of carboxylic acids is 1. The molecular formula is C32H45F3N4O3. The quantitative estimate of drug-likeness (QED) is 0.237. The van der Waals surface area contributed by atoms with Gasteiger partial charge >= 0.3 is 5.97 Å². The van der Waals surface area contributed by atoms with Gasteiger partial charge in [0.15, 0.2) is 11.6 Å². The number of nitrogens with one attached hydrogen (secondary N) is 1.